The Morgan fingerprint density at radius 3 is 2.47 bits per heavy atom. The first kappa shape index (κ1) is 23.6. The Bertz CT molecular complexity index is 1240. The van der Waals surface area contributed by atoms with Crippen LogP contribution in [0.4, 0.5) is 13.2 Å². The standard InChI is InChI=1S/C23H19F3N4O3S/c1-13-3-8-18(14(2)11-13)33-10-9-32-16-6-4-15(5-7-16)12-17-19(27)30-22(28-20(17)31)34-21(29-30)23(24,25)26/h3-8,11-12,27H,9-10H2,1-2H3. The lowest BCUT2D eigenvalue weighted by Gasteiger charge is -2.20. The molecule has 2 heterocycles. The number of aryl methyl sites for hydroxylation is 2. The number of fused-ring (bicyclic) bond motifs is 1. The van der Waals surface area contributed by atoms with Crippen molar-refractivity contribution in [2.45, 2.75) is 20.0 Å². The van der Waals surface area contributed by atoms with E-state index in [4.69, 9.17) is 14.9 Å². The second-order valence-corrected chi connectivity index (χ2v) is 8.41. The number of alkyl halides is 3. The van der Waals surface area contributed by atoms with Gasteiger partial charge in [-0.2, -0.15) is 28.3 Å². The van der Waals surface area contributed by atoms with Gasteiger partial charge in [-0.1, -0.05) is 29.8 Å². The Labute approximate surface area is 197 Å². The van der Waals surface area contributed by atoms with Gasteiger partial charge in [0.25, 0.3) is 5.91 Å². The van der Waals surface area contributed by atoms with E-state index >= 15 is 0 Å². The van der Waals surface area contributed by atoms with Crippen LogP contribution in [0, 0.1) is 19.3 Å². The number of nitrogens with zero attached hydrogens (tertiary/aromatic N) is 3. The van der Waals surface area contributed by atoms with Gasteiger partial charge in [-0.3, -0.25) is 10.2 Å². The van der Waals surface area contributed by atoms with Crippen LogP contribution in [-0.4, -0.2) is 46.4 Å². The number of amides is 1. The van der Waals surface area contributed by atoms with Crippen LogP contribution in [0.1, 0.15) is 16.7 Å². The number of aliphatic imine (C=N–C) groups is 1. The van der Waals surface area contributed by atoms with Crippen LogP contribution < -0.4 is 9.47 Å². The lowest BCUT2D eigenvalue weighted by molar-refractivity contribution is -0.114. The number of thioether (sulfide) groups is 1. The number of hydrazone groups is 1. The topological polar surface area (TPSA) is 87.3 Å². The summed E-state index contributed by atoms with van der Waals surface area (Å²) in [5.74, 6) is 0.105. The van der Waals surface area contributed by atoms with Crippen molar-refractivity contribution in [3.8, 4) is 11.5 Å². The highest BCUT2D eigenvalue weighted by molar-refractivity contribution is 8.27. The van der Waals surface area contributed by atoms with E-state index in [-0.39, 0.29) is 22.5 Å². The predicted molar refractivity (Wildman–Crippen MR) is 124 cm³/mol. The number of carbonyl (C=O) groups is 1. The van der Waals surface area contributed by atoms with Crippen LogP contribution in [0.3, 0.4) is 0 Å². The molecule has 0 fully saturated rings. The molecule has 0 saturated heterocycles. The van der Waals surface area contributed by atoms with Crippen molar-refractivity contribution in [3.63, 3.8) is 0 Å². The number of ether oxygens (including phenoxy) is 2. The van der Waals surface area contributed by atoms with Crippen LogP contribution in [0.2, 0.25) is 0 Å². The van der Waals surface area contributed by atoms with Gasteiger partial charge in [0.1, 0.15) is 24.7 Å². The molecule has 1 N–H and O–H groups in total. The zero-order valence-electron chi connectivity index (χ0n) is 18.1. The quantitative estimate of drug-likeness (QED) is 0.460. The molecule has 2 aromatic carbocycles. The van der Waals surface area contributed by atoms with E-state index in [1.54, 1.807) is 24.3 Å². The summed E-state index contributed by atoms with van der Waals surface area (Å²) in [6, 6.07) is 12.6. The molecule has 34 heavy (non-hydrogen) atoms. The first-order chi connectivity index (χ1) is 16.1. The van der Waals surface area contributed by atoms with Gasteiger partial charge in [0.15, 0.2) is 5.84 Å². The third-order valence-electron chi connectivity index (χ3n) is 4.83. The fraction of sp³-hybridized carbons (Fsp3) is 0.217. The molecule has 2 aliphatic heterocycles. The highest BCUT2D eigenvalue weighted by Gasteiger charge is 2.46. The van der Waals surface area contributed by atoms with Gasteiger partial charge < -0.3 is 9.47 Å². The molecule has 2 aliphatic rings. The second kappa shape index (κ2) is 9.34. The summed E-state index contributed by atoms with van der Waals surface area (Å²) < 4.78 is 50.1. The first-order valence-electron chi connectivity index (χ1n) is 10.1. The van der Waals surface area contributed by atoms with E-state index in [1.165, 1.54) is 6.08 Å². The minimum Gasteiger partial charge on any atom is -0.490 e. The maximum atomic E-state index is 12.9. The zero-order valence-corrected chi connectivity index (χ0v) is 19.0. The maximum Gasteiger partial charge on any atom is 0.441 e. The summed E-state index contributed by atoms with van der Waals surface area (Å²) in [5.41, 5.74) is 2.60. The van der Waals surface area contributed by atoms with E-state index in [1.807, 2.05) is 32.0 Å². The Balaban J connectivity index is 1.37. The maximum absolute atomic E-state index is 12.9. The first-order valence-corrected chi connectivity index (χ1v) is 10.9. The van der Waals surface area contributed by atoms with Crippen LogP contribution in [-0.2, 0) is 4.79 Å². The highest BCUT2D eigenvalue weighted by Crippen LogP contribution is 2.35. The molecule has 0 aromatic heterocycles. The van der Waals surface area contributed by atoms with Crippen molar-refractivity contribution in [2.24, 2.45) is 10.1 Å². The number of benzene rings is 2. The molecule has 176 valence electrons. The largest absolute Gasteiger partial charge is 0.490 e. The van der Waals surface area contributed by atoms with Gasteiger partial charge in [0.05, 0.1) is 5.57 Å². The predicted octanol–water partition coefficient (Wildman–Crippen LogP) is 4.94. The number of rotatable bonds is 6. The van der Waals surface area contributed by atoms with Crippen molar-refractivity contribution < 1.29 is 27.4 Å². The van der Waals surface area contributed by atoms with Crippen molar-refractivity contribution in [1.29, 1.82) is 5.41 Å². The van der Waals surface area contributed by atoms with Crippen LogP contribution in [0.25, 0.3) is 6.08 Å². The number of carbonyl (C=O) groups excluding carboxylic acids is 1. The molecule has 0 saturated carbocycles. The molecular weight excluding hydrogens is 469 g/mol. The molecule has 0 aliphatic carbocycles. The molecule has 0 spiro atoms. The average Bonchev–Trinajstić information content (AvgIpc) is 3.21. The number of amidine groups is 2. The van der Waals surface area contributed by atoms with Crippen molar-refractivity contribution in [1.82, 2.24) is 5.01 Å². The summed E-state index contributed by atoms with van der Waals surface area (Å²) in [7, 11) is 0. The second-order valence-electron chi connectivity index (χ2n) is 7.46. The summed E-state index contributed by atoms with van der Waals surface area (Å²) in [6.45, 7) is 4.67. The van der Waals surface area contributed by atoms with E-state index in [9.17, 15) is 18.0 Å². The molecule has 0 bridgehead atoms. The summed E-state index contributed by atoms with van der Waals surface area (Å²) in [6.07, 6.45) is -3.30. The van der Waals surface area contributed by atoms with Gasteiger partial charge in [0.2, 0.25) is 10.2 Å². The summed E-state index contributed by atoms with van der Waals surface area (Å²) in [5, 5.41) is 10.8. The third kappa shape index (κ3) is 5.14. The molecule has 0 radical (unpaired) electrons. The van der Waals surface area contributed by atoms with Crippen LogP contribution in [0.15, 0.2) is 58.1 Å². The van der Waals surface area contributed by atoms with Gasteiger partial charge in [-0.05, 0) is 61.0 Å². The fourth-order valence-electron chi connectivity index (χ4n) is 3.21. The van der Waals surface area contributed by atoms with Gasteiger partial charge in [-0.25, -0.2) is 0 Å². The molecule has 0 unspecified atom stereocenters. The molecule has 7 nitrogen and oxygen atoms in total. The van der Waals surface area contributed by atoms with Crippen molar-refractivity contribution >= 4 is 39.8 Å². The van der Waals surface area contributed by atoms with E-state index in [0.29, 0.717) is 29.5 Å². The molecule has 4 rings (SSSR count). The minimum atomic E-state index is -4.68. The van der Waals surface area contributed by atoms with E-state index < -0.39 is 23.0 Å². The van der Waals surface area contributed by atoms with Gasteiger partial charge in [-0.15, -0.1) is 0 Å². The Morgan fingerprint density at radius 2 is 1.79 bits per heavy atom. The number of hydrogen-bond donors (Lipinski definition) is 1. The fourth-order valence-corrected chi connectivity index (χ4v) is 3.96. The van der Waals surface area contributed by atoms with E-state index in [0.717, 1.165) is 16.9 Å². The van der Waals surface area contributed by atoms with Crippen LogP contribution in [0.5, 0.6) is 11.5 Å². The number of nitrogens with one attached hydrogen (secondary N) is 1. The molecule has 11 heteroatoms. The molecular formula is C23H19F3N4O3S. The Morgan fingerprint density at radius 1 is 1.09 bits per heavy atom. The minimum absolute atomic E-state index is 0.160. The van der Waals surface area contributed by atoms with Gasteiger partial charge >= 0.3 is 6.18 Å². The van der Waals surface area contributed by atoms with Crippen molar-refractivity contribution in [3.05, 3.63) is 64.7 Å². The number of halogens is 3. The smallest absolute Gasteiger partial charge is 0.441 e. The highest BCUT2D eigenvalue weighted by atomic mass is 32.2. The zero-order chi connectivity index (χ0) is 24.5. The summed E-state index contributed by atoms with van der Waals surface area (Å²) >= 11 is 0.214. The third-order valence-corrected chi connectivity index (χ3v) is 5.78. The SMILES string of the molecule is Cc1ccc(OCCOc2ccc(C=C3C(=N)N4N=C(C(F)(F)F)SC4=NC3=O)cc2)c(C)c1. The Hall–Kier alpha value is -3.60. The monoisotopic (exact) mass is 488 g/mol. The molecule has 0 atom stereocenters. The average molecular weight is 488 g/mol. The van der Waals surface area contributed by atoms with E-state index in [2.05, 4.69) is 10.1 Å². The number of hydrogen-bond acceptors (Lipinski definition) is 6. The normalized spacial score (nSPS) is 17.0. The molecule has 2 aromatic rings. The van der Waals surface area contributed by atoms with Gasteiger partial charge in [0, 0.05) is 0 Å². The van der Waals surface area contributed by atoms with Crippen LogP contribution >= 0.6 is 11.8 Å². The lowest BCUT2D eigenvalue weighted by atomic mass is 10.1. The summed E-state index contributed by atoms with van der Waals surface area (Å²) in [4.78, 5) is 15.9. The lowest BCUT2D eigenvalue weighted by Crippen LogP contribution is -2.35. The molecule has 1 amide bonds. The Kier molecular flexibility index (Phi) is 6.47. The van der Waals surface area contributed by atoms with Crippen molar-refractivity contribution in [2.75, 3.05) is 13.2 Å².